The first kappa shape index (κ1) is 23.4. The van der Waals surface area contributed by atoms with Crippen molar-refractivity contribution in [2.75, 3.05) is 6.26 Å². The molecule has 1 aromatic heterocycles. The molecule has 32 heavy (non-hydrogen) atoms. The fourth-order valence-electron chi connectivity index (χ4n) is 3.22. The van der Waals surface area contributed by atoms with Gasteiger partial charge in [0.15, 0.2) is 15.6 Å². The minimum Gasteiger partial charge on any atom is -0.348 e. The van der Waals surface area contributed by atoms with Crippen molar-refractivity contribution in [1.82, 2.24) is 10.3 Å². The van der Waals surface area contributed by atoms with E-state index >= 15 is 0 Å². The fraction of sp³-hybridized carbons (Fsp3) is 0.227. The van der Waals surface area contributed by atoms with Crippen LogP contribution in [0.2, 0.25) is 0 Å². The average Bonchev–Trinajstić information content (AvgIpc) is 2.71. The number of carbonyl (C=O) groups excluding carboxylic acids is 2. The molecule has 0 spiro atoms. The zero-order valence-corrected chi connectivity index (χ0v) is 18.0. The van der Waals surface area contributed by atoms with Crippen LogP contribution in [0.25, 0.3) is 5.57 Å². The smallest absolute Gasteiger partial charge is 0.348 e. The number of pyridine rings is 1. The van der Waals surface area contributed by atoms with Gasteiger partial charge in [-0.2, -0.15) is 13.2 Å². The number of carbonyl (C=O) groups is 2. The normalized spacial score (nSPS) is 14.9. The van der Waals surface area contributed by atoms with E-state index in [0.717, 1.165) is 18.5 Å². The van der Waals surface area contributed by atoms with Gasteiger partial charge in [0.2, 0.25) is 0 Å². The number of aromatic nitrogens is 1. The summed E-state index contributed by atoms with van der Waals surface area (Å²) in [5, 5.41) is 2.59. The summed E-state index contributed by atoms with van der Waals surface area (Å²) in [7, 11) is -3.35. The molecule has 0 atom stereocenters. The third-order valence-electron chi connectivity index (χ3n) is 4.90. The molecule has 0 unspecified atom stereocenters. The number of rotatable bonds is 5. The first-order valence-electron chi connectivity index (χ1n) is 9.43. The number of benzene rings is 1. The van der Waals surface area contributed by atoms with Crippen molar-refractivity contribution >= 4 is 27.1 Å². The highest BCUT2D eigenvalue weighted by Crippen LogP contribution is 2.33. The van der Waals surface area contributed by atoms with E-state index in [1.807, 2.05) is 0 Å². The Morgan fingerprint density at radius 1 is 1.16 bits per heavy atom. The van der Waals surface area contributed by atoms with E-state index in [0.29, 0.717) is 11.1 Å². The molecule has 3 rings (SSSR count). The quantitative estimate of drug-likeness (QED) is 0.684. The van der Waals surface area contributed by atoms with Crippen LogP contribution in [-0.2, 0) is 32.1 Å². The van der Waals surface area contributed by atoms with E-state index in [1.165, 1.54) is 24.3 Å². The molecule has 0 saturated heterocycles. The van der Waals surface area contributed by atoms with Gasteiger partial charge in [-0.15, -0.1) is 0 Å². The van der Waals surface area contributed by atoms with Crippen molar-refractivity contribution in [3.8, 4) is 0 Å². The second-order valence-electron chi connectivity index (χ2n) is 7.33. The lowest BCUT2D eigenvalue weighted by Gasteiger charge is -2.19. The number of alkyl halides is 3. The molecule has 2 aromatic rings. The Morgan fingerprint density at radius 3 is 2.41 bits per heavy atom. The Labute approximate surface area is 182 Å². The Hall–Kier alpha value is -3.27. The van der Waals surface area contributed by atoms with E-state index in [2.05, 4.69) is 10.3 Å². The molecule has 1 aliphatic rings. The maximum Gasteiger partial charge on any atom is 0.433 e. The summed E-state index contributed by atoms with van der Waals surface area (Å²) in [5.41, 5.74) is -0.0367. The number of hydrogen-bond donors (Lipinski definition) is 1. The van der Waals surface area contributed by atoms with Gasteiger partial charge < -0.3 is 5.32 Å². The van der Waals surface area contributed by atoms with Gasteiger partial charge >= 0.3 is 6.18 Å². The lowest BCUT2D eigenvalue weighted by Crippen LogP contribution is -2.30. The zero-order valence-electron chi connectivity index (χ0n) is 17.2. The Morgan fingerprint density at radius 2 is 1.81 bits per heavy atom. The molecule has 0 fully saturated rings. The maximum absolute atomic E-state index is 13.0. The van der Waals surface area contributed by atoms with E-state index in [4.69, 9.17) is 0 Å². The van der Waals surface area contributed by atoms with E-state index in [9.17, 15) is 31.2 Å². The summed E-state index contributed by atoms with van der Waals surface area (Å²) in [6, 6.07) is 8.00. The second kappa shape index (κ2) is 8.70. The molecule has 168 valence electrons. The van der Waals surface area contributed by atoms with Gasteiger partial charge in [-0.25, -0.2) is 8.42 Å². The summed E-state index contributed by atoms with van der Waals surface area (Å²) >= 11 is 0. The maximum atomic E-state index is 13.0. The summed E-state index contributed by atoms with van der Waals surface area (Å²) < 4.78 is 62.1. The summed E-state index contributed by atoms with van der Waals surface area (Å²) in [6.07, 6.45) is -0.932. The number of nitrogens with one attached hydrogen (secondary N) is 1. The highest BCUT2D eigenvalue weighted by atomic mass is 32.2. The number of sulfone groups is 1. The molecule has 1 aliphatic carbocycles. The number of halogens is 3. The van der Waals surface area contributed by atoms with Crippen LogP contribution in [0.5, 0.6) is 0 Å². The number of Topliss-reactive ketones (excluding diaryl/α,β-unsaturated/α-hetero) is 1. The molecule has 1 N–H and O–H groups in total. The number of amides is 1. The topological polar surface area (TPSA) is 93.2 Å². The molecular formula is C22H19F3N2O4S. The lowest BCUT2D eigenvalue weighted by molar-refractivity contribution is -0.141. The highest BCUT2D eigenvalue weighted by molar-refractivity contribution is 7.90. The number of allylic oxidation sites excluding steroid dienone is 3. The lowest BCUT2D eigenvalue weighted by atomic mass is 9.86. The van der Waals surface area contributed by atoms with Crippen LogP contribution in [0, 0.1) is 0 Å². The Balaban J connectivity index is 1.76. The molecule has 0 radical (unpaired) electrons. The van der Waals surface area contributed by atoms with E-state index in [-0.39, 0.29) is 34.6 Å². The van der Waals surface area contributed by atoms with Crippen LogP contribution < -0.4 is 5.32 Å². The minimum atomic E-state index is -4.66. The largest absolute Gasteiger partial charge is 0.433 e. The molecular weight excluding hydrogens is 445 g/mol. The Bertz CT molecular complexity index is 1240. The highest BCUT2D eigenvalue weighted by Gasteiger charge is 2.34. The van der Waals surface area contributed by atoms with Crippen molar-refractivity contribution in [2.24, 2.45) is 0 Å². The molecule has 0 saturated carbocycles. The molecule has 1 amide bonds. The van der Waals surface area contributed by atoms with Crippen LogP contribution in [0.1, 0.15) is 30.2 Å². The second-order valence-corrected chi connectivity index (χ2v) is 9.35. The monoisotopic (exact) mass is 464 g/mol. The van der Waals surface area contributed by atoms with Crippen LogP contribution in [-0.4, -0.2) is 31.3 Å². The van der Waals surface area contributed by atoms with Crippen molar-refractivity contribution in [3.63, 3.8) is 0 Å². The standard InChI is InChI=1S/C22H19F3N2O4S/c1-13-3-8-17(20(28)19(13)15-9-10-26-18(11-15)22(23,24)25)21(29)27-12-14-4-6-16(7-5-14)32(2,30)31/h4-11H,3,12H2,1-2H3,(H,27,29). The number of ketones is 1. The summed E-state index contributed by atoms with van der Waals surface area (Å²) in [6.45, 7) is 1.66. The van der Waals surface area contributed by atoms with Gasteiger partial charge in [0.25, 0.3) is 5.91 Å². The van der Waals surface area contributed by atoms with Gasteiger partial charge in [-0.3, -0.25) is 14.6 Å². The third kappa shape index (κ3) is 5.13. The van der Waals surface area contributed by atoms with Gasteiger partial charge in [-0.05, 0) is 48.7 Å². The van der Waals surface area contributed by atoms with Crippen LogP contribution in [0.15, 0.2) is 64.7 Å². The molecule has 0 aliphatic heterocycles. The predicted molar refractivity (Wildman–Crippen MR) is 111 cm³/mol. The van der Waals surface area contributed by atoms with E-state index < -0.39 is 33.4 Å². The SMILES string of the molecule is CC1=C(c2ccnc(C(F)(F)F)c2)C(=O)C(C(=O)NCc2ccc(S(C)(=O)=O)cc2)=CC1. The van der Waals surface area contributed by atoms with Gasteiger partial charge in [0.1, 0.15) is 5.69 Å². The van der Waals surface area contributed by atoms with Crippen LogP contribution in [0.4, 0.5) is 13.2 Å². The van der Waals surface area contributed by atoms with Crippen molar-refractivity contribution in [1.29, 1.82) is 0 Å². The first-order valence-corrected chi connectivity index (χ1v) is 11.3. The molecule has 10 heteroatoms. The summed E-state index contributed by atoms with van der Waals surface area (Å²) in [5.74, 6) is -1.34. The van der Waals surface area contributed by atoms with Gasteiger partial charge in [0.05, 0.1) is 10.5 Å². The average molecular weight is 464 g/mol. The molecule has 0 bridgehead atoms. The fourth-order valence-corrected chi connectivity index (χ4v) is 3.86. The Kier molecular flexibility index (Phi) is 6.36. The van der Waals surface area contributed by atoms with Crippen molar-refractivity contribution < 1.29 is 31.2 Å². The molecule has 6 nitrogen and oxygen atoms in total. The van der Waals surface area contributed by atoms with Crippen LogP contribution >= 0.6 is 0 Å². The van der Waals surface area contributed by atoms with Gasteiger partial charge in [-0.1, -0.05) is 23.8 Å². The van der Waals surface area contributed by atoms with Gasteiger partial charge in [0, 0.05) is 24.6 Å². The number of nitrogens with zero attached hydrogens (tertiary/aromatic N) is 1. The zero-order chi connectivity index (χ0) is 23.7. The summed E-state index contributed by atoms with van der Waals surface area (Å²) in [4.78, 5) is 29.0. The number of hydrogen-bond acceptors (Lipinski definition) is 5. The first-order chi connectivity index (χ1) is 14.9. The third-order valence-corrected chi connectivity index (χ3v) is 6.03. The molecule has 1 aromatic carbocycles. The molecule has 1 heterocycles. The minimum absolute atomic E-state index is 0.0407. The predicted octanol–water partition coefficient (Wildman–Crippen LogP) is 3.49. The van der Waals surface area contributed by atoms with E-state index in [1.54, 1.807) is 19.1 Å². The van der Waals surface area contributed by atoms with Crippen LogP contribution in [0.3, 0.4) is 0 Å². The van der Waals surface area contributed by atoms with Crippen molar-refractivity contribution in [2.45, 2.75) is 31.0 Å². The van der Waals surface area contributed by atoms with Crippen molar-refractivity contribution in [3.05, 3.63) is 76.6 Å².